The minimum atomic E-state index is -1.07. The van der Waals surface area contributed by atoms with Gasteiger partial charge in [-0.15, -0.1) is 0 Å². The fourth-order valence-corrected chi connectivity index (χ4v) is 1.65. The summed E-state index contributed by atoms with van der Waals surface area (Å²) < 4.78 is 0. The van der Waals surface area contributed by atoms with Crippen LogP contribution in [-0.4, -0.2) is 23.5 Å². The number of para-hydroxylation sites is 2. The van der Waals surface area contributed by atoms with Gasteiger partial charge < -0.3 is 10.8 Å². The van der Waals surface area contributed by atoms with E-state index >= 15 is 0 Å². The topological polar surface area (TPSA) is 83.6 Å². The summed E-state index contributed by atoms with van der Waals surface area (Å²) in [7, 11) is 0. The number of amides is 1. The second-order valence-corrected chi connectivity index (χ2v) is 5.08. The van der Waals surface area contributed by atoms with Crippen LogP contribution in [0.25, 0.3) is 0 Å². The van der Waals surface area contributed by atoms with Crippen molar-refractivity contribution in [3.05, 3.63) is 24.3 Å². The van der Waals surface area contributed by atoms with Crippen molar-refractivity contribution in [2.75, 3.05) is 17.2 Å². The summed E-state index contributed by atoms with van der Waals surface area (Å²) in [5.41, 5.74) is 6.04. The number of hydrogen-bond donors (Lipinski definition) is 2. The minimum absolute atomic E-state index is 0.240. The molecule has 5 heteroatoms. The predicted molar refractivity (Wildman–Crippen MR) is 74.9 cm³/mol. The number of nitrogen functional groups attached to an aromatic ring is 1. The van der Waals surface area contributed by atoms with Gasteiger partial charge in [-0.3, -0.25) is 14.5 Å². The highest BCUT2D eigenvalue weighted by molar-refractivity contribution is 6.02. The van der Waals surface area contributed by atoms with E-state index < -0.39 is 17.9 Å². The fourth-order valence-electron chi connectivity index (χ4n) is 1.65. The third-order valence-corrected chi connectivity index (χ3v) is 3.23. The van der Waals surface area contributed by atoms with Crippen molar-refractivity contribution < 1.29 is 14.7 Å². The van der Waals surface area contributed by atoms with Crippen LogP contribution in [0.15, 0.2) is 24.3 Å². The van der Waals surface area contributed by atoms with Crippen LogP contribution in [0.2, 0.25) is 0 Å². The molecule has 0 spiro atoms. The van der Waals surface area contributed by atoms with Gasteiger partial charge in [0.1, 0.15) is 6.54 Å². The van der Waals surface area contributed by atoms with Gasteiger partial charge in [0.05, 0.1) is 11.4 Å². The number of anilines is 2. The Labute approximate surface area is 113 Å². The van der Waals surface area contributed by atoms with E-state index in [0.717, 1.165) is 0 Å². The number of rotatable bonds is 5. The van der Waals surface area contributed by atoms with Crippen LogP contribution in [0.1, 0.15) is 27.2 Å². The zero-order valence-electron chi connectivity index (χ0n) is 11.5. The van der Waals surface area contributed by atoms with Crippen LogP contribution in [0.5, 0.6) is 0 Å². The smallest absolute Gasteiger partial charge is 0.323 e. The monoisotopic (exact) mass is 264 g/mol. The number of carboxylic acids is 1. The van der Waals surface area contributed by atoms with E-state index in [1.807, 2.05) is 6.92 Å². The maximum absolute atomic E-state index is 12.5. The molecule has 5 nitrogen and oxygen atoms in total. The molecule has 1 rings (SSSR count). The molecule has 1 amide bonds. The molecule has 1 aromatic rings. The fraction of sp³-hybridized carbons (Fsp3) is 0.429. The quantitative estimate of drug-likeness (QED) is 0.798. The van der Waals surface area contributed by atoms with Gasteiger partial charge in [-0.25, -0.2) is 0 Å². The predicted octanol–water partition coefficient (Wildman–Crippen LogP) is 2.12. The molecule has 0 unspecified atom stereocenters. The molecule has 0 saturated carbocycles. The van der Waals surface area contributed by atoms with E-state index in [0.29, 0.717) is 17.8 Å². The van der Waals surface area contributed by atoms with E-state index in [9.17, 15) is 9.59 Å². The molecule has 0 aromatic heterocycles. The lowest BCUT2D eigenvalue weighted by Gasteiger charge is -2.30. The van der Waals surface area contributed by atoms with Crippen LogP contribution in [0.3, 0.4) is 0 Å². The second kappa shape index (κ2) is 5.73. The lowest BCUT2D eigenvalue weighted by Crippen LogP contribution is -2.43. The lowest BCUT2D eigenvalue weighted by atomic mass is 9.88. The normalized spacial score (nSPS) is 11.1. The summed E-state index contributed by atoms with van der Waals surface area (Å²) in [5.74, 6) is -1.31. The number of carbonyl (C=O) groups is 2. The second-order valence-electron chi connectivity index (χ2n) is 5.08. The number of benzene rings is 1. The molecule has 19 heavy (non-hydrogen) atoms. The van der Waals surface area contributed by atoms with Crippen LogP contribution in [0.4, 0.5) is 11.4 Å². The Hall–Kier alpha value is -2.04. The van der Waals surface area contributed by atoms with E-state index in [1.54, 1.807) is 38.1 Å². The van der Waals surface area contributed by atoms with E-state index in [-0.39, 0.29) is 5.91 Å². The Kier molecular flexibility index (Phi) is 4.53. The van der Waals surface area contributed by atoms with Crippen LogP contribution < -0.4 is 10.6 Å². The molecule has 0 heterocycles. The largest absolute Gasteiger partial charge is 0.480 e. The van der Waals surface area contributed by atoms with Gasteiger partial charge in [-0.2, -0.15) is 0 Å². The summed E-state index contributed by atoms with van der Waals surface area (Å²) in [6.07, 6.45) is 0.620. The lowest BCUT2D eigenvalue weighted by molar-refractivity contribution is -0.137. The molecular weight excluding hydrogens is 244 g/mol. The van der Waals surface area contributed by atoms with Crippen molar-refractivity contribution in [2.45, 2.75) is 27.2 Å². The summed E-state index contributed by atoms with van der Waals surface area (Å²) in [6.45, 7) is 5.09. The number of hydrogen-bond acceptors (Lipinski definition) is 3. The first-order valence-electron chi connectivity index (χ1n) is 6.18. The molecule has 3 N–H and O–H groups in total. The molecule has 0 aliphatic carbocycles. The maximum atomic E-state index is 12.5. The summed E-state index contributed by atoms with van der Waals surface area (Å²) in [4.78, 5) is 24.7. The molecule has 0 saturated heterocycles. The number of carboxylic acid groups (broad SMARTS) is 1. The molecule has 104 valence electrons. The molecule has 0 fully saturated rings. The maximum Gasteiger partial charge on any atom is 0.323 e. The first kappa shape index (κ1) is 15.0. The van der Waals surface area contributed by atoms with E-state index in [1.165, 1.54) is 4.90 Å². The van der Waals surface area contributed by atoms with Gasteiger partial charge in [0.2, 0.25) is 5.91 Å². The number of nitrogens with zero attached hydrogens (tertiary/aromatic N) is 1. The van der Waals surface area contributed by atoms with Crippen LogP contribution in [-0.2, 0) is 9.59 Å². The molecule has 0 radical (unpaired) electrons. The van der Waals surface area contributed by atoms with Crippen molar-refractivity contribution in [1.82, 2.24) is 0 Å². The molecule has 0 aliphatic rings. The zero-order chi connectivity index (χ0) is 14.6. The number of carbonyl (C=O) groups excluding carboxylic acids is 1. The Bertz CT molecular complexity index is 483. The third-order valence-electron chi connectivity index (χ3n) is 3.23. The number of aliphatic carboxylic acids is 1. The van der Waals surface area contributed by atoms with Crippen molar-refractivity contribution in [1.29, 1.82) is 0 Å². The summed E-state index contributed by atoms with van der Waals surface area (Å²) in [5, 5.41) is 8.99. The molecular formula is C14H20N2O3. The summed E-state index contributed by atoms with van der Waals surface area (Å²) in [6, 6.07) is 6.78. The first-order valence-corrected chi connectivity index (χ1v) is 6.18. The van der Waals surface area contributed by atoms with Crippen LogP contribution >= 0.6 is 0 Å². The van der Waals surface area contributed by atoms with Gasteiger partial charge in [0.25, 0.3) is 0 Å². The van der Waals surface area contributed by atoms with Gasteiger partial charge in [0.15, 0.2) is 0 Å². The van der Waals surface area contributed by atoms with Crippen molar-refractivity contribution in [3.63, 3.8) is 0 Å². The Morgan fingerprint density at radius 2 is 1.89 bits per heavy atom. The zero-order valence-corrected chi connectivity index (χ0v) is 11.5. The molecule has 0 aliphatic heterocycles. The van der Waals surface area contributed by atoms with Gasteiger partial charge in [0, 0.05) is 5.41 Å². The highest BCUT2D eigenvalue weighted by Gasteiger charge is 2.32. The van der Waals surface area contributed by atoms with Gasteiger partial charge in [-0.05, 0) is 18.6 Å². The SMILES string of the molecule is CCC(C)(C)C(=O)N(CC(=O)O)c1ccccc1N. The highest BCUT2D eigenvalue weighted by Crippen LogP contribution is 2.29. The standard InChI is InChI=1S/C14H20N2O3/c1-4-14(2,3)13(19)16(9-12(17)18)11-8-6-5-7-10(11)15/h5-8H,4,9,15H2,1-3H3,(H,17,18). The molecule has 0 bridgehead atoms. The number of nitrogens with two attached hydrogens (primary N) is 1. The van der Waals surface area contributed by atoms with Gasteiger partial charge >= 0.3 is 5.97 Å². The average molecular weight is 264 g/mol. The summed E-state index contributed by atoms with van der Waals surface area (Å²) >= 11 is 0. The van der Waals surface area contributed by atoms with E-state index in [2.05, 4.69) is 0 Å². The average Bonchev–Trinajstić information content (AvgIpc) is 2.36. The molecule has 0 atom stereocenters. The third kappa shape index (κ3) is 3.47. The minimum Gasteiger partial charge on any atom is -0.480 e. The van der Waals surface area contributed by atoms with Crippen molar-refractivity contribution in [3.8, 4) is 0 Å². The van der Waals surface area contributed by atoms with Crippen molar-refractivity contribution in [2.24, 2.45) is 5.41 Å². The Morgan fingerprint density at radius 1 is 1.32 bits per heavy atom. The molecule has 1 aromatic carbocycles. The Morgan fingerprint density at radius 3 is 2.37 bits per heavy atom. The first-order chi connectivity index (χ1) is 8.79. The van der Waals surface area contributed by atoms with Gasteiger partial charge in [-0.1, -0.05) is 32.9 Å². The van der Waals surface area contributed by atoms with E-state index in [4.69, 9.17) is 10.8 Å². The Balaban J connectivity index is 3.20. The van der Waals surface area contributed by atoms with Crippen LogP contribution in [0, 0.1) is 5.41 Å². The highest BCUT2D eigenvalue weighted by atomic mass is 16.4. The van der Waals surface area contributed by atoms with Crippen molar-refractivity contribution >= 4 is 23.3 Å².